The predicted molar refractivity (Wildman–Crippen MR) is 148 cm³/mol. The molecule has 39 heavy (non-hydrogen) atoms. The number of ketones is 1. The summed E-state index contributed by atoms with van der Waals surface area (Å²) in [5, 5.41) is 5.75. The summed E-state index contributed by atoms with van der Waals surface area (Å²) in [6.45, 7) is 1.70. The molecule has 0 saturated carbocycles. The number of aromatic nitrogens is 3. The highest BCUT2D eigenvalue weighted by Gasteiger charge is 2.35. The summed E-state index contributed by atoms with van der Waals surface area (Å²) in [6.07, 6.45) is 5.08. The van der Waals surface area contributed by atoms with Crippen LogP contribution in [0.4, 0.5) is 0 Å². The zero-order valence-electron chi connectivity index (χ0n) is 21.7. The van der Waals surface area contributed by atoms with Crippen molar-refractivity contribution in [2.45, 2.75) is 44.4 Å². The quantitative estimate of drug-likeness (QED) is 0.375. The molecular weight excluding hydrogens is 541 g/mol. The Bertz CT molecular complexity index is 1350. The molecule has 9 nitrogen and oxygen atoms in total. The van der Waals surface area contributed by atoms with E-state index in [9.17, 15) is 9.59 Å². The van der Waals surface area contributed by atoms with Gasteiger partial charge in [0, 0.05) is 29.2 Å². The first kappa shape index (κ1) is 27.6. The molecule has 2 aliphatic heterocycles. The number of ether oxygens (including phenoxy) is 2. The number of nitrogens with two attached hydrogens (primary N) is 1. The number of piperidine rings is 1. The molecule has 11 heteroatoms. The van der Waals surface area contributed by atoms with Crippen LogP contribution in [0.25, 0.3) is 11.3 Å². The van der Waals surface area contributed by atoms with E-state index < -0.39 is 6.04 Å². The molecule has 0 bridgehead atoms. The van der Waals surface area contributed by atoms with Gasteiger partial charge in [-0.1, -0.05) is 35.3 Å². The van der Waals surface area contributed by atoms with E-state index in [1.54, 1.807) is 28.9 Å². The lowest BCUT2D eigenvalue weighted by atomic mass is 9.91. The van der Waals surface area contributed by atoms with Gasteiger partial charge in [-0.25, -0.2) is 9.67 Å². The van der Waals surface area contributed by atoms with E-state index in [0.717, 1.165) is 24.8 Å². The van der Waals surface area contributed by atoms with Gasteiger partial charge in [0.15, 0.2) is 6.23 Å². The lowest BCUT2D eigenvalue weighted by molar-refractivity contribution is -0.123. The third-order valence-electron chi connectivity index (χ3n) is 7.44. The molecule has 2 fully saturated rings. The van der Waals surface area contributed by atoms with Crippen LogP contribution in [-0.4, -0.2) is 58.2 Å². The highest BCUT2D eigenvalue weighted by atomic mass is 35.5. The maximum absolute atomic E-state index is 14.3. The highest BCUT2D eigenvalue weighted by Crippen LogP contribution is 2.37. The number of hydrogen-bond acceptors (Lipinski definition) is 7. The Kier molecular flexibility index (Phi) is 8.52. The third kappa shape index (κ3) is 5.96. The maximum atomic E-state index is 14.3. The molecule has 1 aromatic carbocycles. The first-order valence-corrected chi connectivity index (χ1v) is 13.9. The van der Waals surface area contributed by atoms with Crippen LogP contribution in [0.3, 0.4) is 0 Å². The van der Waals surface area contributed by atoms with Gasteiger partial charge in [-0.05, 0) is 69.0 Å². The summed E-state index contributed by atoms with van der Waals surface area (Å²) in [4.78, 5) is 32.3. The van der Waals surface area contributed by atoms with Crippen LogP contribution in [0.2, 0.25) is 10.0 Å². The maximum Gasteiger partial charge on any atom is 0.220 e. The van der Waals surface area contributed by atoms with Gasteiger partial charge in [-0.15, -0.1) is 0 Å². The van der Waals surface area contributed by atoms with E-state index in [-0.39, 0.29) is 29.5 Å². The van der Waals surface area contributed by atoms with Gasteiger partial charge >= 0.3 is 0 Å². The number of Topliss-reactive ketones (excluding diaryl/α,β-unsaturated/α-hetero) is 1. The van der Waals surface area contributed by atoms with E-state index in [2.05, 4.69) is 9.88 Å². The Morgan fingerprint density at radius 3 is 2.59 bits per heavy atom. The molecule has 2 atom stereocenters. The highest BCUT2D eigenvalue weighted by molar-refractivity contribution is 6.33. The summed E-state index contributed by atoms with van der Waals surface area (Å²) in [7, 11) is 1.54. The number of methoxy groups -OCH3 is 1. The number of hydrogen-bond donors (Lipinski definition) is 1. The van der Waals surface area contributed by atoms with Crippen molar-refractivity contribution >= 4 is 34.9 Å². The van der Waals surface area contributed by atoms with Gasteiger partial charge in [0.05, 0.1) is 24.0 Å². The van der Waals surface area contributed by atoms with Crippen LogP contribution < -0.4 is 10.5 Å². The van der Waals surface area contributed by atoms with Crippen molar-refractivity contribution in [2.24, 2.45) is 11.7 Å². The fourth-order valence-corrected chi connectivity index (χ4v) is 5.77. The second-order valence-corrected chi connectivity index (χ2v) is 10.8. The topological polar surface area (TPSA) is 113 Å². The number of pyridine rings is 1. The number of primary amides is 1. The van der Waals surface area contributed by atoms with E-state index >= 15 is 0 Å². The lowest BCUT2D eigenvalue weighted by Gasteiger charge is -2.36. The molecule has 0 spiro atoms. The van der Waals surface area contributed by atoms with Crippen molar-refractivity contribution in [1.29, 1.82) is 0 Å². The van der Waals surface area contributed by atoms with Crippen molar-refractivity contribution < 1.29 is 19.1 Å². The van der Waals surface area contributed by atoms with E-state index in [1.165, 1.54) is 13.3 Å². The van der Waals surface area contributed by atoms with E-state index in [0.29, 0.717) is 59.7 Å². The summed E-state index contributed by atoms with van der Waals surface area (Å²) in [5.41, 5.74) is 7.90. The van der Waals surface area contributed by atoms with Crippen LogP contribution in [0.5, 0.6) is 5.88 Å². The third-order valence-corrected chi connectivity index (χ3v) is 7.98. The minimum absolute atomic E-state index is 0.178. The molecule has 2 unspecified atom stereocenters. The smallest absolute Gasteiger partial charge is 0.220 e. The zero-order valence-corrected chi connectivity index (χ0v) is 23.2. The minimum atomic E-state index is -0.636. The van der Waals surface area contributed by atoms with E-state index in [1.807, 2.05) is 12.1 Å². The first-order valence-electron chi connectivity index (χ1n) is 13.1. The lowest BCUT2D eigenvalue weighted by Crippen LogP contribution is -2.43. The average Bonchev–Trinajstić information content (AvgIpc) is 3.40. The molecule has 5 rings (SSSR count). The van der Waals surface area contributed by atoms with Gasteiger partial charge in [-0.3, -0.25) is 14.5 Å². The predicted octanol–water partition coefficient (Wildman–Crippen LogP) is 5.08. The molecular formula is C28H31Cl2N5O4. The molecule has 4 heterocycles. The number of halogens is 2. The Morgan fingerprint density at radius 2 is 1.92 bits per heavy atom. The zero-order chi connectivity index (χ0) is 27.5. The summed E-state index contributed by atoms with van der Waals surface area (Å²) in [5.74, 6) is -0.285. The van der Waals surface area contributed by atoms with Crippen LogP contribution in [-0.2, 0) is 9.53 Å². The van der Waals surface area contributed by atoms with Crippen molar-refractivity contribution in [2.75, 3.05) is 26.8 Å². The molecule has 2 aliphatic rings. The molecule has 0 radical (unpaired) electrons. The van der Waals surface area contributed by atoms with Gasteiger partial charge in [-0.2, -0.15) is 5.10 Å². The van der Waals surface area contributed by atoms with Crippen molar-refractivity contribution in [1.82, 2.24) is 19.7 Å². The number of nitrogens with zero attached hydrogens (tertiary/aromatic N) is 4. The van der Waals surface area contributed by atoms with Gasteiger partial charge in [0.25, 0.3) is 0 Å². The summed E-state index contributed by atoms with van der Waals surface area (Å²) >= 11 is 12.9. The number of carbonyl (C=O) groups excluding carboxylic acids is 2. The first-order chi connectivity index (χ1) is 18.9. The Balaban J connectivity index is 1.57. The fourth-order valence-electron chi connectivity index (χ4n) is 5.37. The molecule has 0 aliphatic carbocycles. The minimum Gasteiger partial charge on any atom is -0.481 e. The number of amides is 1. The van der Waals surface area contributed by atoms with Gasteiger partial charge in [0.1, 0.15) is 11.7 Å². The van der Waals surface area contributed by atoms with E-state index in [4.69, 9.17) is 43.5 Å². The Hall–Kier alpha value is -2.98. The fraction of sp³-hybridized carbons (Fsp3) is 0.429. The van der Waals surface area contributed by atoms with Crippen molar-refractivity contribution in [3.05, 3.63) is 63.9 Å². The van der Waals surface area contributed by atoms with Crippen LogP contribution in [0.1, 0.15) is 60.4 Å². The SMILES string of the molecule is COc1cc(-c2cc(C(=O)C(c3cccc(Cl)c3)N3CCC(C(N)=O)CC3)nn2C2CCCCO2)c(Cl)cn1. The molecule has 2 saturated heterocycles. The average molecular weight is 572 g/mol. The number of rotatable bonds is 8. The monoisotopic (exact) mass is 571 g/mol. The molecule has 2 N–H and O–H groups in total. The largest absolute Gasteiger partial charge is 0.481 e. The molecule has 2 aromatic heterocycles. The van der Waals surface area contributed by atoms with Gasteiger partial charge < -0.3 is 15.2 Å². The Morgan fingerprint density at radius 1 is 1.13 bits per heavy atom. The molecule has 1 amide bonds. The standard InChI is InChI=1S/C28H31Cl2N5O4/c1-38-24-14-20(21(30)16-32-24)23-15-22(33-35(23)25-7-2-3-12-39-25)27(36)26(18-5-4-6-19(29)13-18)34-10-8-17(9-11-34)28(31)37/h4-6,13-17,25-26H,2-3,7-12H2,1H3,(H2,31,37). The van der Waals surface area contributed by atoms with Crippen LogP contribution in [0, 0.1) is 5.92 Å². The van der Waals surface area contributed by atoms with Crippen LogP contribution >= 0.6 is 23.2 Å². The van der Waals surface area contributed by atoms with Crippen LogP contribution in [0.15, 0.2) is 42.6 Å². The van der Waals surface area contributed by atoms with Crippen molar-refractivity contribution in [3.8, 4) is 17.1 Å². The Labute approximate surface area is 237 Å². The second kappa shape index (κ2) is 12.0. The molecule has 3 aromatic rings. The number of likely N-dealkylation sites (tertiary alicyclic amines) is 1. The summed E-state index contributed by atoms with van der Waals surface area (Å²) in [6, 6.07) is 10.2. The molecule has 206 valence electrons. The number of benzene rings is 1. The summed E-state index contributed by atoms with van der Waals surface area (Å²) < 4.78 is 13.1. The number of carbonyl (C=O) groups is 2. The second-order valence-electron chi connectivity index (χ2n) is 9.92. The van der Waals surface area contributed by atoms with Crippen molar-refractivity contribution in [3.63, 3.8) is 0 Å². The van der Waals surface area contributed by atoms with Gasteiger partial charge in [0.2, 0.25) is 17.6 Å². The normalized spacial score (nSPS) is 19.5.